The van der Waals surface area contributed by atoms with Gasteiger partial charge in [-0.25, -0.2) is 0 Å². The van der Waals surface area contributed by atoms with Crippen LogP contribution in [0.5, 0.6) is 5.75 Å². The topological polar surface area (TPSA) is 32.2 Å². The zero-order chi connectivity index (χ0) is 41.9. The number of fused-ring (bicyclic) bond motifs is 12. The molecule has 12 aromatic rings. The lowest BCUT2D eigenvalue weighted by atomic mass is 9.90. The molecular weight excluding hydrogens is 781 g/mol. The van der Waals surface area contributed by atoms with Gasteiger partial charge in [0.2, 0.25) is 0 Å². The van der Waals surface area contributed by atoms with Crippen molar-refractivity contribution in [3.05, 3.63) is 224 Å². The second-order valence-electron chi connectivity index (χ2n) is 17.1. The van der Waals surface area contributed by atoms with Crippen LogP contribution in [0.25, 0.3) is 110 Å². The van der Waals surface area contributed by atoms with Crippen molar-refractivity contribution in [2.24, 2.45) is 0 Å². The predicted molar refractivity (Wildman–Crippen MR) is 264 cm³/mol. The van der Waals surface area contributed by atoms with Crippen molar-refractivity contribution in [1.82, 2.24) is 9.13 Å². The maximum Gasteiger partial charge on any atom is 0.143 e. The molecule has 0 fully saturated rings. The van der Waals surface area contributed by atoms with Gasteiger partial charge in [0.15, 0.2) is 0 Å². The highest BCUT2D eigenvalue weighted by atomic mass is 16.5. The summed E-state index contributed by atoms with van der Waals surface area (Å²) in [7, 11) is 0. The first kappa shape index (κ1) is 35.3. The quantitative estimate of drug-likeness (QED) is 0.173. The lowest BCUT2D eigenvalue weighted by Gasteiger charge is -2.14. The van der Waals surface area contributed by atoms with Crippen LogP contribution in [0.15, 0.2) is 223 Å². The molecule has 0 bridgehead atoms. The van der Waals surface area contributed by atoms with Crippen LogP contribution in [0.2, 0.25) is 0 Å². The average molecular weight is 819 g/mol. The fourth-order valence-electron chi connectivity index (χ4n) is 10.7. The number of nitrogens with zero attached hydrogens (tertiary/aromatic N) is 2. The molecule has 9 aromatic carbocycles. The normalized spacial score (nSPS) is 15.5. The minimum atomic E-state index is 0.0614. The SMILES string of the molecule is C1=CC2Oc3c(-c4ccc(-n5c6ccccc6c6cc(-c7ccc8c(c7)c7ccccc7n8-c7ccc(-c8cccc9c8oc8ccccc89)cc7)ccc65)cc4)cccc3C2C=C1. The lowest BCUT2D eigenvalue weighted by Crippen LogP contribution is -2.15. The number of aromatic nitrogens is 2. The summed E-state index contributed by atoms with van der Waals surface area (Å²) in [5, 5.41) is 7.21. The van der Waals surface area contributed by atoms with Gasteiger partial charge < -0.3 is 18.3 Å². The van der Waals surface area contributed by atoms with Crippen LogP contribution in [0, 0.1) is 0 Å². The molecule has 2 atom stereocenters. The Morgan fingerprint density at radius 2 is 0.891 bits per heavy atom. The van der Waals surface area contributed by atoms with Crippen LogP contribution in [-0.4, -0.2) is 15.2 Å². The van der Waals surface area contributed by atoms with Crippen LogP contribution in [0.4, 0.5) is 0 Å². The zero-order valence-electron chi connectivity index (χ0n) is 34.7. The third kappa shape index (κ3) is 5.17. The van der Waals surface area contributed by atoms with Gasteiger partial charge in [-0.05, 0) is 95.1 Å². The van der Waals surface area contributed by atoms with Crippen molar-refractivity contribution < 1.29 is 9.15 Å². The van der Waals surface area contributed by atoms with E-state index in [1.54, 1.807) is 0 Å². The molecule has 4 heteroatoms. The maximum atomic E-state index is 6.52. The van der Waals surface area contributed by atoms with E-state index in [1.165, 1.54) is 60.3 Å². The molecule has 0 amide bonds. The van der Waals surface area contributed by atoms with Gasteiger partial charge in [-0.1, -0.05) is 146 Å². The summed E-state index contributed by atoms with van der Waals surface area (Å²) in [5.74, 6) is 1.27. The van der Waals surface area contributed by atoms with E-state index in [2.05, 4.69) is 215 Å². The van der Waals surface area contributed by atoms with E-state index in [9.17, 15) is 0 Å². The molecule has 0 N–H and O–H groups in total. The van der Waals surface area contributed by atoms with Gasteiger partial charge in [-0.3, -0.25) is 0 Å². The Hall–Kier alpha value is -8.34. The second-order valence-corrected chi connectivity index (χ2v) is 17.1. The summed E-state index contributed by atoms with van der Waals surface area (Å²) in [6, 6.07) is 70.5. The second kappa shape index (κ2) is 13.6. The smallest absolute Gasteiger partial charge is 0.143 e. The van der Waals surface area contributed by atoms with Crippen LogP contribution in [0.3, 0.4) is 0 Å². The number of furan rings is 1. The van der Waals surface area contributed by atoms with E-state index < -0.39 is 0 Å². The molecule has 1 aliphatic heterocycles. The standard InChI is InChI=1S/C60H38N2O2/c1-5-19-53-45(11-1)51-35-39(27-33-55(51)61(53)41-29-23-37(24-30-41)43-15-9-17-49-47-13-3-7-21-57(47)63-59(43)49)40-28-34-56-52(36-40)46-12-2-6-20-54(46)62(56)42-31-25-38(26-32-42)44-16-10-18-50-48-14-4-8-22-58(48)64-60(44)50/h1-36,47,57H. The van der Waals surface area contributed by atoms with E-state index in [0.29, 0.717) is 0 Å². The molecule has 4 nitrogen and oxygen atoms in total. The monoisotopic (exact) mass is 818 g/mol. The van der Waals surface area contributed by atoms with Gasteiger partial charge in [0.25, 0.3) is 0 Å². The summed E-state index contributed by atoms with van der Waals surface area (Å²) in [4.78, 5) is 0. The molecule has 300 valence electrons. The molecule has 2 unspecified atom stereocenters. The summed E-state index contributed by atoms with van der Waals surface area (Å²) in [6.07, 6.45) is 8.68. The number of hydrogen-bond donors (Lipinski definition) is 0. The minimum Gasteiger partial charge on any atom is -0.484 e. The largest absolute Gasteiger partial charge is 0.484 e. The van der Waals surface area contributed by atoms with Crippen molar-refractivity contribution in [2.45, 2.75) is 12.0 Å². The Balaban J connectivity index is 0.832. The van der Waals surface area contributed by atoms with E-state index in [1.807, 2.05) is 12.1 Å². The first-order valence-electron chi connectivity index (χ1n) is 22.1. The highest BCUT2D eigenvalue weighted by molar-refractivity contribution is 6.13. The van der Waals surface area contributed by atoms with Gasteiger partial charge in [0.05, 0.1) is 22.1 Å². The van der Waals surface area contributed by atoms with Crippen molar-refractivity contribution in [2.75, 3.05) is 0 Å². The molecule has 3 aromatic heterocycles. The Morgan fingerprint density at radius 3 is 1.56 bits per heavy atom. The van der Waals surface area contributed by atoms with E-state index in [4.69, 9.17) is 9.15 Å². The molecule has 4 heterocycles. The molecule has 0 saturated carbocycles. The van der Waals surface area contributed by atoms with Gasteiger partial charge >= 0.3 is 0 Å². The first-order chi connectivity index (χ1) is 31.7. The average Bonchev–Trinajstić information content (AvgIpc) is 4.12. The highest BCUT2D eigenvalue weighted by Crippen LogP contribution is 2.47. The molecule has 1 aliphatic carbocycles. The molecule has 14 rings (SSSR count). The molecule has 0 radical (unpaired) electrons. The molecule has 2 aliphatic rings. The number of para-hydroxylation sites is 5. The summed E-state index contributed by atoms with van der Waals surface area (Å²) < 4.78 is 17.7. The number of ether oxygens (including phenoxy) is 1. The Kier molecular flexibility index (Phi) is 7.48. The van der Waals surface area contributed by atoms with E-state index >= 15 is 0 Å². The predicted octanol–water partition coefficient (Wildman–Crippen LogP) is 15.8. The lowest BCUT2D eigenvalue weighted by molar-refractivity contribution is 0.270. The van der Waals surface area contributed by atoms with Gasteiger partial charge in [0.1, 0.15) is 23.0 Å². The summed E-state index contributed by atoms with van der Waals surface area (Å²) >= 11 is 0. The van der Waals surface area contributed by atoms with Crippen LogP contribution < -0.4 is 4.74 Å². The number of benzene rings is 9. The third-order valence-electron chi connectivity index (χ3n) is 13.7. The Morgan fingerprint density at radius 1 is 0.375 bits per heavy atom. The third-order valence-corrected chi connectivity index (χ3v) is 13.7. The zero-order valence-corrected chi connectivity index (χ0v) is 34.7. The summed E-state index contributed by atoms with van der Waals surface area (Å²) in [5.41, 5.74) is 17.0. The molecule has 0 saturated heterocycles. The van der Waals surface area contributed by atoms with Gasteiger partial charge in [-0.2, -0.15) is 0 Å². The number of allylic oxidation sites excluding steroid dienone is 2. The van der Waals surface area contributed by atoms with Crippen LogP contribution >= 0.6 is 0 Å². The van der Waals surface area contributed by atoms with Crippen LogP contribution in [-0.2, 0) is 0 Å². The van der Waals surface area contributed by atoms with Gasteiger partial charge in [-0.15, -0.1) is 0 Å². The van der Waals surface area contributed by atoms with E-state index in [0.717, 1.165) is 61.3 Å². The maximum absolute atomic E-state index is 6.52. The minimum absolute atomic E-state index is 0.0614. The fourth-order valence-corrected chi connectivity index (χ4v) is 10.7. The molecular formula is C60H38N2O2. The van der Waals surface area contributed by atoms with Gasteiger partial charge in [0, 0.05) is 66.3 Å². The van der Waals surface area contributed by atoms with Crippen molar-refractivity contribution in [3.8, 4) is 50.5 Å². The van der Waals surface area contributed by atoms with Crippen LogP contribution in [0.1, 0.15) is 11.5 Å². The van der Waals surface area contributed by atoms with Crippen molar-refractivity contribution in [3.63, 3.8) is 0 Å². The molecule has 0 spiro atoms. The number of hydrogen-bond acceptors (Lipinski definition) is 2. The Labute approximate surface area is 368 Å². The van der Waals surface area contributed by atoms with E-state index in [-0.39, 0.29) is 12.0 Å². The Bertz CT molecular complexity index is 3930. The first-order valence-corrected chi connectivity index (χ1v) is 22.1. The summed E-state index contributed by atoms with van der Waals surface area (Å²) in [6.45, 7) is 0. The fraction of sp³-hybridized carbons (Fsp3) is 0.0333. The number of rotatable bonds is 5. The highest BCUT2D eigenvalue weighted by Gasteiger charge is 2.33. The van der Waals surface area contributed by atoms with Crippen molar-refractivity contribution in [1.29, 1.82) is 0 Å². The van der Waals surface area contributed by atoms with Crippen molar-refractivity contribution >= 4 is 65.6 Å². The molecule has 64 heavy (non-hydrogen) atoms.